The molecule has 1 aromatic carbocycles. The van der Waals surface area contributed by atoms with E-state index in [1.165, 1.54) is 0 Å². The molecular weight excluding hydrogens is 428 g/mol. The number of likely N-dealkylation sites (N-methyl/N-ethyl adjacent to an activating group) is 1. The van der Waals surface area contributed by atoms with Crippen molar-refractivity contribution in [1.82, 2.24) is 29.2 Å². The number of pyridine rings is 1. The van der Waals surface area contributed by atoms with Crippen molar-refractivity contribution in [2.45, 2.75) is 38.3 Å². The minimum atomic E-state index is -0.267. The second-order valence-electron chi connectivity index (χ2n) is 9.36. The predicted octanol–water partition coefficient (Wildman–Crippen LogP) is 3.93. The van der Waals surface area contributed by atoms with E-state index in [-0.39, 0.29) is 11.9 Å². The Hall–Kier alpha value is -3.52. The summed E-state index contributed by atoms with van der Waals surface area (Å²) in [7, 11) is 3.78. The van der Waals surface area contributed by atoms with E-state index in [1.54, 1.807) is 4.68 Å². The fourth-order valence-electron chi connectivity index (χ4n) is 5.33. The summed E-state index contributed by atoms with van der Waals surface area (Å²) in [6.07, 6.45) is 5.70. The van der Waals surface area contributed by atoms with Crippen molar-refractivity contribution in [3.8, 4) is 22.6 Å². The number of amides is 1. The van der Waals surface area contributed by atoms with Crippen molar-refractivity contribution in [2.24, 2.45) is 7.05 Å². The van der Waals surface area contributed by atoms with Crippen molar-refractivity contribution < 1.29 is 9.53 Å². The number of carbonyl (C=O) groups excluding carboxylic acids is 1. The lowest BCUT2D eigenvalue weighted by Gasteiger charge is -2.32. The van der Waals surface area contributed by atoms with Gasteiger partial charge in [0.2, 0.25) is 5.91 Å². The number of benzene rings is 1. The van der Waals surface area contributed by atoms with Crippen LogP contribution >= 0.6 is 0 Å². The highest BCUT2D eigenvalue weighted by molar-refractivity contribution is 5.97. The van der Waals surface area contributed by atoms with Gasteiger partial charge in [-0.2, -0.15) is 5.10 Å². The van der Waals surface area contributed by atoms with Gasteiger partial charge < -0.3 is 14.2 Å². The molecule has 3 aromatic heterocycles. The number of imidazole rings is 1. The second kappa shape index (κ2) is 8.06. The summed E-state index contributed by atoms with van der Waals surface area (Å²) in [4.78, 5) is 24.7. The van der Waals surface area contributed by atoms with Gasteiger partial charge in [-0.3, -0.25) is 14.5 Å². The number of carbonyl (C=O) groups is 1. The first-order valence-corrected chi connectivity index (χ1v) is 11.8. The van der Waals surface area contributed by atoms with E-state index in [4.69, 9.17) is 14.7 Å². The monoisotopic (exact) mass is 456 g/mol. The summed E-state index contributed by atoms with van der Waals surface area (Å²) in [6, 6.07) is 10.1. The molecular formula is C26H28N6O2. The van der Waals surface area contributed by atoms with Crippen LogP contribution in [0.3, 0.4) is 0 Å². The fourth-order valence-corrected chi connectivity index (χ4v) is 5.33. The van der Waals surface area contributed by atoms with E-state index >= 15 is 0 Å². The van der Waals surface area contributed by atoms with Gasteiger partial charge in [0, 0.05) is 56.6 Å². The van der Waals surface area contributed by atoms with Gasteiger partial charge in [-0.15, -0.1) is 0 Å². The molecule has 5 heterocycles. The van der Waals surface area contributed by atoms with Crippen LogP contribution in [0.1, 0.15) is 43.2 Å². The van der Waals surface area contributed by atoms with Crippen molar-refractivity contribution in [1.29, 1.82) is 0 Å². The Morgan fingerprint density at radius 3 is 2.68 bits per heavy atom. The van der Waals surface area contributed by atoms with Crippen LogP contribution in [0.25, 0.3) is 33.4 Å². The average Bonchev–Trinajstić information content (AvgIpc) is 3.46. The highest BCUT2D eigenvalue weighted by Crippen LogP contribution is 2.39. The maximum absolute atomic E-state index is 12.9. The quantitative estimate of drug-likeness (QED) is 0.467. The highest BCUT2D eigenvalue weighted by Gasteiger charge is 2.36. The molecule has 8 nitrogen and oxygen atoms in total. The largest absolute Gasteiger partial charge is 0.381 e. The lowest BCUT2D eigenvalue weighted by molar-refractivity contribution is -0.135. The van der Waals surface area contributed by atoms with Crippen molar-refractivity contribution in [2.75, 3.05) is 20.3 Å². The molecule has 2 aliphatic heterocycles. The Bertz CT molecular complexity index is 1400. The number of hydrogen-bond donors (Lipinski definition) is 0. The van der Waals surface area contributed by atoms with Gasteiger partial charge in [-0.25, -0.2) is 4.98 Å². The zero-order valence-electron chi connectivity index (χ0n) is 19.7. The Balaban J connectivity index is 1.52. The Labute approximate surface area is 198 Å². The van der Waals surface area contributed by atoms with Crippen LogP contribution in [0.5, 0.6) is 0 Å². The lowest BCUT2D eigenvalue weighted by atomic mass is 9.98. The Morgan fingerprint density at radius 1 is 1.09 bits per heavy atom. The topological polar surface area (TPSA) is 78.1 Å². The van der Waals surface area contributed by atoms with Gasteiger partial charge in [0.15, 0.2) is 0 Å². The Kier molecular flexibility index (Phi) is 4.99. The third-order valence-corrected chi connectivity index (χ3v) is 7.13. The molecule has 0 spiro atoms. The molecule has 1 atom stereocenters. The molecule has 4 aromatic rings. The number of aryl methyl sites for hydroxylation is 1. The van der Waals surface area contributed by atoms with Crippen LogP contribution in [-0.4, -0.2) is 55.4 Å². The molecule has 8 heteroatoms. The molecule has 0 unspecified atom stereocenters. The van der Waals surface area contributed by atoms with Gasteiger partial charge in [-0.1, -0.05) is 18.2 Å². The van der Waals surface area contributed by atoms with E-state index in [2.05, 4.69) is 33.9 Å². The molecule has 1 fully saturated rings. The summed E-state index contributed by atoms with van der Waals surface area (Å²) in [5, 5.41) is 6.64. The maximum atomic E-state index is 12.9. The van der Waals surface area contributed by atoms with E-state index in [0.717, 1.165) is 71.0 Å². The first-order chi connectivity index (χ1) is 16.5. The van der Waals surface area contributed by atoms with Crippen LogP contribution in [0.15, 0.2) is 42.7 Å². The highest BCUT2D eigenvalue weighted by atomic mass is 16.5. The summed E-state index contributed by atoms with van der Waals surface area (Å²) < 4.78 is 9.58. The number of ether oxygens (including phenoxy) is 1. The van der Waals surface area contributed by atoms with Crippen molar-refractivity contribution >= 4 is 16.7 Å². The second-order valence-corrected chi connectivity index (χ2v) is 9.36. The van der Waals surface area contributed by atoms with E-state index in [0.29, 0.717) is 12.5 Å². The standard InChI is InChI=1S/C26H28N6O2/c1-16-26(33)30(2)15-23-24(28-25(32(16)23)17-8-11-34-12-9-17)19-6-4-5-18-13-22(27-14-20(18)19)21-7-10-31(3)29-21/h4-7,10,13-14,16-17H,8-9,11-12,15H2,1-3H3/t16-/m1/s1. The smallest absolute Gasteiger partial charge is 0.245 e. The third kappa shape index (κ3) is 3.32. The molecule has 174 valence electrons. The summed E-state index contributed by atoms with van der Waals surface area (Å²) in [5.41, 5.74) is 4.79. The number of nitrogens with zero attached hydrogens (tertiary/aromatic N) is 6. The van der Waals surface area contributed by atoms with Crippen LogP contribution in [0.2, 0.25) is 0 Å². The summed E-state index contributed by atoms with van der Waals surface area (Å²) in [5.74, 6) is 1.44. The fraction of sp³-hybridized carbons (Fsp3) is 0.385. The molecule has 6 rings (SSSR count). The normalized spacial score (nSPS) is 19.1. The van der Waals surface area contributed by atoms with Gasteiger partial charge in [0.05, 0.1) is 23.6 Å². The summed E-state index contributed by atoms with van der Waals surface area (Å²) in [6.45, 7) is 4.00. The third-order valence-electron chi connectivity index (χ3n) is 7.13. The van der Waals surface area contributed by atoms with E-state index in [9.17, 15) is 4.79 Å². The SMILES string of the molecule is C[C@@H]1C(=O)N(C)Cc2c(-c3cccc4cc(-c5ccn(C)n5)ncc34)nc(C3CCOCC3)n21. The zero-order valence-corrected chi connectivity index (χ0v) is 19.7. The number of rotatable bonds is 3. The van der Waals surface area contributed by atoms with Gasteiger partial charge in [-0.05, 0) is 37.3 Å². The number of aromatic nitrogens is 5. The van der Waals surface area contributed by atoms with Gasteiger partial charge in [0.25, 0.3) is 0 Å². The van der Waals surface area contributed by atoms with Crippen molar-refractivity contribution in [3.63, 3.8) is 0 Å². The molecule has 0 aliphatic carbocycles. The van der Waals surface area contributed by atoms with Crippen LogP contribution < -0.4 is 0 Å². The molecule has 0 radical (unpaired) electrons. The first-order valence-electron chi connectivity index (χ1n) is 11.8. The Morgan fingerprint density at radius 2 is 1.91 bits per heavy atom. The van der Waals surface area contributed by atoms with E-state index < -0.39 is 0 Å². The molecule has 0 bridgehead atoms. The van der Waals surface area contributed by atoms with Gasteiger partial charge in [0.1, 0.15) is 17.6 Å². The molecule has 1 saturated heterocycles. The lowest BCUT2D eigenvalue weighted by Crippen LogP contribution is -2.40. The van der Waals surface area contributed by atoms with Crippen LogP contribution in [0, 0.1) is 0 Å². The molecule has 0 N–H and O–H groups in total. The minimum absolute atomic E-state index is 0.129. The van der Waals surface area contributed by atoms with E-state index in [1.807, 2.05) is 44.4 Å². The molecule has 1 amide bonds. The molecule has 2 aliphatic rings. The summed E-state index contributed by atoms with van der Waals surface area (Å²) >= 11 is 0. The predicted molar refractivity (Wildman–Crippen MR) is 129 cm³/mol. The number of hydrogen-bond acceptors (Lipinski definition) is 5. The van der Waals surface area contributed by atoms with Crippen LogP contribution in [0.4, 0.5) is 0 Å². The molecule has 34 heavy (non-hydrogen) atoms. The maximum Gasteiger partial charge on any atom is 0.245 e. The van der Waals surface area contributed by atoms with Gasteiger partial charge >= 0.3 is 0 Å². The average molecular weight is 457 g/mol. The van der Waals surface area contributed by atoms with Crippen molar-refractivity contribution in [3.05, 3.63) is 54.2 Å². The minimum Gasteiger partial charge on any atom is -0.381 e. The van der Waals surface area contributed by atoms with Crippen LogP contribution in [-0.2, 0) is 23.1 Å². The molecule has 0 saturated carbocycles. The zero-order chi connectivity index (χ0) is 23.4. The number of fused-ring (bicyclic) bond motifs is 2. The first kappa shape index (κ1) is 21.0.